The van der Waals surface area contributed by atoms with E-state index < -0.39 is 17.1 Å². The van der Waals surface area contributed by atoms with Gasteiger partial charge in [0.1, 0.15) is 5.56 Å². The summed E-state index contributed by atoms with van der Waals surface area (Å²) in [4.78, 5) is 35.1. The Bertz CT molecular complexity index is 695. The zero-order valence-corrected chi connectivity index (χ0v) is 9.81. The molecule has 0 bridgehead atoms. The normalized spacial score (nSPS) is 11.0. The average Bonchev–Trinajstić information content (AvgIpc) is 2.66. The van der Waals surface area contributed by atoms with E-state index in [1.165, 1.54) is 10.6 Å². The van der Waals surface area contributed by atoms with Crippen LogP contribution in [0.5, 0.6) is 0 Å². The Balaban J connectivity index is 2.84. The molecule has 0 saturated carbocycles. The molecule has 0 atom stereocenters. The Morgan fingerprint density at radius 2 is 1.94 bits per heavy atom. The molecule has 2 rings (SSSR count). The highest BCUT2D eigenvalue weighted by Gasteiger charge is 2.23. The largest absolute Gasteiger partial charge is 0.462 e. The minimum Gasteiger partial charge on any atom is -0.462 e. The van der Waals surface area contributed by atoms with Gasteiger partial charge in [0.05, 0.1) is 12.3 Å². The fourth-order valence-corrected chi connectivity index (χ4v) is 1.97. The molecule has 0 fully saturated rings. The molecule has 0 aliphatic rings. The van der Waals surface area contributed by atoms with Gasteiger partial charge in [0.15, 0.2) is 0 Å². The molecule has 0 spiro atoms. The van der Waals surface area contributed by atoms with Gasteiger partial charge in [0.2, 0.25) is 0 Å². The molecule has 90 valence electrons. The van der Waals surface area contributed by atoms with Crippen molar-refractivity contribution < 1.29 is 9.53 Å². The lowest BCUT2D eigenvalue weighted by molar-refractivity contribution is 0.0524. The quantitative estimate of drug-likeness (QED) is 0.688. The van der Waals surface area contributed by atoms with Crippen molar-refractivity contribution in [1.82, 2.24) is 9.03 Å². The Morgan fingerprint density at radius 3 is 2.47 bits per heavy atom. The number of carbonyl (C=O) groups excluding carboxylic acids is 1. The van der Waals surface area contributed by atoms with Crippen LogP contribution in [-0.2, 0) is 4.74 Å². The summed E-state index contributed by atoms with van der Waals surface area (Å²) in [6.45, 7) is 5.15. The molecule has 2 aromatic heterocycles. The maximum Gasteiger partial charge on any atom is 0.345 e. The summed E-state index contributed by atoms with van der Waals surface area (Å²) in [5.74, 6) is -0.690. The number of aromatic nitrogens is 2. The van der Waals surface area contributed by atoms with Gasteiger partial charge in [-0.05, 0) is 20.8 Å². The van der Waals surface area contributed by atoms with Crippen LogP contribution in [0.25, 0.3) is 0 Å². The standard InChI is InChI=1S/C11H12N2O4/c1-4-17-11(16)9-7(3)12-6(2)5-8(14)13(12)10(9)15/h5H,4H2,1-3H3. The third-order valence-electron chi connectivity index (χ3n) is 2.64. The molecule has 0 unspecified atom stereocenters. The molecule has 0 saturated heterocycles. The summed E-state index contributed by atoms with van der Waals surface area (Å²) in [7, 11) is 0. The average molecular weight is 236 g/mol. The van der Waals surface area contributed by atoms with Gasteiger partial charge >= 0.3 is 5.97 Å². The van der Waals surface area contributed by atoms with Crippen molar-refractivity contribution in [3.63, 3.8) is 0 Å². The highest BCUT2D eigenvalue weighted by molar-refractivity contribution is 5.90. The summed E-state index contributed by atoms with van der Waals surface area (Å²) >= 11 is 0. The van der Waals surface area contributed by atoms with E-state index in [9.17, 15) is 14.4 Å². The van der Waals surface area contributed by atoms with Crippen molar-refractivity contribution in [2.75, 3.05) is 6.61 Å². The lowest BCUT2D eigenvalue weighted by Gasteiger charge is -1.99. The Hall–Kier alpha value is -2.11. The van der Waals surface area contributed by atoms with Crippen molar-refractivity contribution in [3.8, 4) is 0 Å². The topological polar surface area (TPSA) is 69.3 Å². The Morgan fingerprint density at radius 1 is 1.29 bits per heavy atom. The number of carbonyl (C=O) groups is 1. The number of aryl methyl sites for hydroxylation is 2. The van der Waals surface area contributed by atoms with Crippen LogP contribution < -0.4 is 11.1 Å². The monoisotopic (exact) mass is 236 g/mol. The van der Waals surface area contributed by atoms with Crippen LogP contribution in [0.1, 0.15) is 28.7 Å². The molecule has 0 aliphatic carbocycles. The molecule has 2 aromatic rings. The summed E-state index contributed by atoms with van der Waals surface area (Å²) in [6, 6.07) is 1.35. The minimum absolute atomic E-state index is 0.0762. The molecule has 0 aromatic carbocycles. The molecule has 0 N–H and O–H groups in total. The Kier molecular flexibility index (Phi) is 2.49. The van der Waals surface area contributed by atoms with E-state index in [4.69, 9.17) is 4.74 Å². The predicted octanol–water partition coefficient (Wildman–Crippen LogP) is -0.00946. The van der Waals surface area contributed by atoms with Crippen molar-refractivity contribution in [2.45, 2.75) is 20.8 Å². The molecule has 0 radical (unpaired) electrons. The first-order chi connectivity index (χ1) is 7.99. The lowest BCUT2D eigenvalue weighted by atomic mass is 10.2. The van der Waals surface area contributed by atoms with Crippen LogP contribution in [0.15, 0.2) is 15.7 Å². The van der Waals surface area contributed by atoms with E-state index in [0.717, 1.165) is 4.52 Å². The van der Waals surface area contributed by atoms with Gasteiger partial charge in [0.25, 0.3) is 11.1 Å². The second-order valence-electron chi connectivity index (χ2n) is 3.73. The van der Waals surface area contributed by atoms with Crippen LogP contribution in [0.2, 0.25) is 0 Å². The Labute approximate surface area is 96.4 Å². The van der Waals surface area contributed by atoms with Gasteiger partial charge in [-0.25, -0.2) is 4.79 Å². The molecular formula is C11H12N2O4. The van der Waals surface area contributed by atoms with E-state index in [1.54, 1.807) is 20.8 Å². The third kappa shape index (κ3) is 1.44. The summed E-state index contributed by atoms with van der Waals surface area (Å²) in [5, 5.41) is 0. The van der Waals surface area contributed by atoms with E-state index in [0.29, 0.717) is 11.4 Å². The number of fused-ring (bicyclic) bond motifs is 1. The first kappa shape index (κ1) is 11.4. The van der Waals surface area contributed by atoms with E-state index in [1.807, 2.05) is 0 Å². The van der Waals surface area contributed by atoms with Crippen molar-refractivity contribution in [2.24, 2.45) is 0 Å². The first-order valence-electron chi connectivity index (χ1n) is 5.23. The molecule has 17 heavy (non-hydrogen) atoms. The van der Waals surface area contributed by atoms with Crippen molar-refractivity contribution in [1.29, 1.82) is 0 Å². The van der Waals surface area contributed by atoms with E-state index in [2.05, 4.69) is 0 Å². The second kappa shape index (κ2) is 3.73. The first-order valence-corrected chi connectivity index (χ1v) is 5.23. The number of hydrogen-bond acceptors (Lipinski definition) is 4. The van der Waals surface area contributed by atoms with E-state index >= 15 is 0 Å². The number of hydrogen-bond donors (Lipinski definition) is 0. The SMILES string of the molecule is CCOC(=O)c1c(C)n2c(C)cc(=O)n2c1=O. The predicted molar refractivity (Wildman–Crippen MR) is 60.0 cm³/mol. The molecule has 2 heterocycles. The zero-order chi connectivity index (χ0) is 12.7. The molecule has 0 aliphatic heterocycles. The van der Waals surface area contributed by atoms with Gasteiger partial charge in [-0.1, -0.05) is 0 Å². The van der Waals surface area contributed by atoms with Crippen molar-refractivity contribution >= 4 is 5.97 Å². The minimum atomic E-state index is -0.690. The van der Waals surface area contributed by atoms with Crippen LogP contribution in [-0.4, -0.2) is 21.6 Å². The molecular weight excluding hydrogens is 224 g/mol. The van der Waals surface area contributed by atoms with Crippen molar-refractivity contribution in [3.05, 3.63) is 43.7 Å². The van der Waals surface area contributed by atoms with Crippen LogP contribution >= 0.6 is 0 Å². The number of nitrogens with zero attached hydrogens (tertiary/aromatic N) is 2. The van der Waals surface area contributed by atoms with Crippen LogP contribution in [0, 0.1) is 13.8 Å². The van der Waals surface area contributed by atoms with Crippen LogP contribution in [0.3, 0.4) is 0 Å². The highest BCUT2D eigenvalue weighted by atomic mass is 16.5. The van der Waals surface area contributed by atoms with Gasteiger partial charge in [0, 0.05) is 11.8 Å². The maximum absolute atomic E-state index is 11.9. The van der Waals surface area contributed by atoms with Gasteiger partial charge in [-0.15, -0.1) is 0 Å². The fourth-order valence-electron chi connectivity index (χ4n) is 1.97. The maximum atomic E-state index is 11.9. The number of esters is 1. The van der Waals surface area contributed by atoms with Crippen LogP contribution in [0.4, 0.5) is 0 Å². The molecule has 0 amide bonds. The summed E-state index contributed by atoms with van der Waals surface area (Å²) < 4.78 is 7.17. The third-order valence-corrected chi connectivity index (χ3v) is 2.64. The molecule has 6 heteroatoms. The van der Waals surface area contributed by atoms with Gasteiger partial charge in [-0.2, -0.15) is 4.52 Å². The van der Waals surface area contributed by atoms with Gasteiger partial charge < -0.3 is 4.74 Å². The zero-order valence-electron chi connectivity index (χ0n) is 9.81. The smallest absolute Gasteiger partial charge is 0.345 e. The molecule has 6 nitrogen and oxygen atoms in total. The van der Waals surface area contributed by atoms with Gasteiger partial charge in [-0.3, -0.25) is 14.1 Å². The second-order valence-corrected chi connectivity index (χ2v) is 3.73. The highest BCUT2D eigenvalue weighted by Crippen LogP contribution is 2.07. The van der Waals surface area contributed by atoms with E-state index in [-0.39, 0.29) is 12.2 Å². The lowest BCUT2D eigenvalue weighted by Crippen LogP contribution is -2.25. The fraction of sp³-hybridized carbons (Fsp3) is 0.364. The summed E-state index contributed by atoms with van der Waals surface area (Å²) in [5.41, 5.74) is -0.106. The number of rotatable bonds is 2. The number of ether oxygens (including phenoxy) is 1. The summed E-state index contributed by atoms with van der Waals surface area (Å²) in [6.07, 6.45) is 0.